The van der Waals surface area contributed by atoms with Crippen LogP contribution in [-0.2, 0) is 4.79 Å². The maximum Gasteiger partial charge on any atom is 0.243 e. The number of carbonyl (C=O) groups is 1. The molecule has 0 spiro atoms. The molecular weight excluding hydrogens is 404 g/mol. The molecule has 32 heavy (non-hydrogen) atoms. The van der Waals surface area contributed by atoms with E-state index in [0.29, 0.717) is 31.5 Å². The summed E-state index contributed by atoms with van der Waals surface area (Å²) < 4.78 is 17.0. The van der Waals surface area contributed by atoms with Crippen molar-refractivity contribution in [2.45, 2.75) is 13.8 Å². The molecule has 0 heterocycles. The van der Waals surface area contributed by atoms with E-state index in [4.69, 9.17) is 14.2 Å². The Kier molecular flexibility index (Phi) is 8.80. The first kappa shape index (κ1) is 23.0. The van der Waals surface area contributed by atoms with Crippen molar-refractivity contribution in [3.05, 3.63) is 78.9 Å². The number of hydrogen-bond donors (Lipinski definition) is 2. The van der Waals surface area contributed by atoms with Gasteiger partial charge in [0, 0.05) is 17.4 Å². The Morgan fingerprint density at radius 2 is 1.41 bits per heavy atom. The van der Waals surface area contributed by atoms with Gasteiger partial charge >= 0.3 is 0 Å². The van der Waals surface area contributed by atoms with Crippen molar-refractivity contribution in [3.63, 3.8) is 0 Å². The van der Waals surface area contributed by atoms with E-state index in [0.717, 1.165) is 22.9 Å². The summed E-state index contributed by atoms with van der Waals surface area (Å²) in [4.78, 5) is 12.3. The third-order valence-electron chi connectivity index (χ3n) is 4.37. The number of para-hydroxylation sites is 1. The maximum atomic E-state index is 12.3. The van der Waals surface area contributed by atoms with Gasteiger partial charge in [-0.3, -0.25) is 4.79 Å². The van der Waals surface area contributed by atoms with Crippen molar-refractivity contribution in [2.24, 2.45) is 5.92 Å². The molecule has 0 radical (unpaired) electrons. The zero-order valence-electron chi connectivity index (χ0n) is 18.5. The van der Waals surface area contributed by atoms with Crippen molar-refractivity contribution in [2.75, 3.05) is 37.0 Å². The fourth-order valence-corrected chi connectivity index (χ4v) is 2.82. The Labute approximate surface area is 189 Å². The fourth-order valence-electron chi connectivity index (χ4n) is 2.82. The van der Waals surface area contributed by atoms with Gasteiger partial charge in [0.25, 0.3) is 0 Å². The molecule has 0 unspecified atom stereocenters. The number of rotatable bonds is 12. The molecule has 6 nitrogen and oxygen atoms in total. The van der Waals surface area contributed by atoms with Crippen molar-refractivity contribution in [1.29, 1.82) is 0 Å². The van der Waals surface area contributed by atoms with E-state index < -0.39 is 0 Å². The zero-order chi connectivity index (χ0) is 22.6. The number of hydrogen-bond acceptors (Lipinski definition) is 5. The van der Waals surface area contributed by atoms with E-state index in [1.807, 2.05) is 78.9 Å². The van der Waals surface area contributed by atoms with Crippen LogP contribution in [0.15, 0.2) is 78.9 Å². The molecule has 6 heteroatoms. The van der Waals surface area contributed by atoms with Crippen molar-refractivity contribution in [3.8, 4) is 17.2 Å². The van der Waals surface area contributed by atoms with E-state index in [1.54, 1.807) is 0 Å². The SMILES string of the molecule is CC(C)COc1ccc(NC(=O)CNc2cccc(OCCOc3ccccc3)c2)cc1. The van der Waals surface area contributed by atoms with Crippen LogP contribution < -0.4 is 24.8 Å². The predicted octanol–water partition coefficient (Wildman–Crippen LogP) is 5.23. The van der Waals surface area contributed by atoms with Crippen molar-refractivity contribution < 1.29 is 19.0 Å². The number of carbonyl (C=O) groups excluding carboxylic acids is 1. The quantitative estimate of drug-likeness (QED) is 0.382. The average molecular weight is 435 g/mol. The molecular formula is C26H30N2O4. The normalized spacial score (nSPS) is 10.5. The largest absolute Gasteiger partial charge is 0.493 e. The Morgan fingerprint density at radius 3 is 2.12 bits per heavy atom. The third kappa shape index (κ3) is 8.22. The standard InChI is InChI=1S/C26H30N2O4/c1-20(2)19-32-24-13-11-21(12-14-24)28-26(29)18-27-22-7-6-10-25(17-22)31-16-15-30-23-8-4-3-5-9-23/h3-14,17,20,27H,15-16,18-19H2,1-2H3,(H,28,29). The summed E-state index contributed by atoms with van der Waals surface area (Å²) in [6.07, 6.45) is 0. The second-order valence-corrected chi connectivity index (χ2v) is 7.67. The summed E-state index contributed by atoms with van der Waals surface area (Å²) in [5, 5.41) is 5.99. The van der Waals surface area contributed by atoms with Crippen molar-refractivity contribution in [1.82, 2.24) is 0 Å². The topological polar surface area (TPSA) is 68.8 Å². The summed E-state index contributed by atoms with van der Waals surface area (Å²) in [6, 6.07) is 24.5. The summed E-state index contributed by atoms with van der Waals surface area (Å²) in [6.45, 7) is 5.89. The number of ether oxygens (including phenoxy) is 3. The van der Waals surface area contributed by atoms with Gasteiger partial charge in [0.2, 0.25) is 5.91 Å². The van der Waals surface area contributed by atoms with Crippen LogP contribution in [0.5, 0.6) is 17.2 Å². The molecule has 0 aromatic heterocycles. The molecule has 0 saturated heterocycles. The van der Waals surface area contributed by atoms with Gasteiger partial charge in [-0.05, 0) is 54.4 Å². The first-order chi connectivity index (χ1) is 15.6. The van der Waals surface area contributed by atoms with E-state index in [1.165, 1.54) is 0 Å². The molecule has 0 aliphatic carbocycles. The highest BCUT2D eigenvalue weighted by Crippen LogP contribution is 2.18. The van der Waals surface area contributed by atoms with Crippen molar-refractivity contribution >= 4 is 17.3 Å². The zero-order valence-corrected chi connectivity index (χ0v) is 18.5. The summed E-state index contributed by atoms with van der Waals surface area (Å²) in [7, 11) is 0. The van der Waals surface area contributed by atoms with Gasteiger partial charge in [-0.25, -0.2) is 0 Å². The van der Waals surface area contributed by atoms with Gasteiger partial charge in [-0.2, -0.15) is 0 Å². The first-order valence-corrected chi connectivity index (χ1v) is 10.8. The van der Waals surface area contributed by atoms with Crippen LogP contribution in [0.4, 0.5) is 11.4 Å². The molecule has 168 valence electrons. The van der Waals surface area contributed by atoms with E-state index in [9.17, 15) is 4.79 Å². The van der Waals surface area contributed by atoms with Gasteiger partial charge in [0.15, 0.2) is 0 Å². The molecule has 0 fully saturated rings. The lowest BCUT2D eigenvalue weighted by atomic mass is 10.2. The number of amides is 1. The van der Waals surface area contributed by atoms with Crippen LogP contribution in [0.3, 0.4) is 0 Å². The number of anilines is 2. The second-order valence-electron chi connectivity index (χ2n) is 7.67. The lowest BCUT2D eigenvalue weighted by molar-refractivity contribution is -0.114. The Balaban J connectivity index is 1.39. The monoisotopic (exact) mass is 434 g/mol. The number of benzene rings is 3. The molecule has 1 amide bonds. The summed E-state index contributed by atoms with van der Waals surface area (Å²) in [5.41, 5.74) is 1.53. The van der Waals surface area contributed by atoms with E-state index >= 15 is 0 Å². The Hall–Kier alpha value is -3.67. The highest BCUT2D eigenvalue weighted by molar-refractivity contribution is 5.93. The van der Waals surface area contributed by atoms with Crippen LogP contribution in [0, 0.1) is 5.92 Å². The molecule has 3 aromatic rings. The highest BCUT2D eigenvalue weighted by Gasteiger charge is 2.04. The molecule has 0 bridgehead atoms. The van der Waals surface area contributed by atoms with Crippen LogP contribution in [-0.4, -0.2) is 32.3 Å². The van der Waals surface area contributed by atoms with Gasteiger partial charge in [0.05, 0.1) is 13.2 Å². The minimum Gasteiger partial charge on any atom is -0.493 e. The lowest BCUT2D eigenvalue weighted by Gasteiger charge is -2.12. The Morgan fingerprint density at radius 1 is 0.750 bits per heavy atom. The predicted molar refractivity (Wildman–Crippen MR) is 128 cm³/mol. The molecule has 2 N–H and O–H groups in total. The van der Waals surface area contributed by atoms with Gasteiger partial charge in [-0.15, -0.1) is 0 Å². The molecule has 0 aliphatic rings. The summed E-state index contributed by atoms with van der Waals surface area (Å²) >= 11 is 0. The average Bonchev–Trinajstić information content (AvgIpc) is 2.81. The maximum absolute atomic E-state index is 12.3. The van der Waals surface area contributed by atoms with Crippen LogP contribution >= 0.6 is 0 Å². The second kappa shape index (κ2) is 12.2. The molecule has 0 saturated carbocycles. The smallest absolute Gasteiger partial charge is 0.243 e. The molecule has 3 aromatic carbocycles. The van der Waals surface area contributed by atoms with Gasteiger partial charge < -0.3 is 24.8 Å². The number of nitrogens with one attached hydrogen (secondary N) is 2. The van der Waals surface area contributed by atoms with Crippen LogP contribution in [0.2, 0.25) is 0 Å². The van der Waals surface area contributed by atoms with Gasteiger partial charge in [-0.1, -0.05) is 38.1 Å². The highest BCUT2D eigenvalue weighted by atomic mass is 16.5. The van der Waals surface area contributed by atoms with Crippen LogP contribution in [0.1, 0.15) is 13.8 Å². The van der Waals surface area contributed by atoms with E-state index in [-0.39, 0.29) is 12.5 Å². The van der Waals surface area contributed by atoms with Crippen LogP contribution in [0.25, 0.3) is 0 Å². The third-order valence-corrected chi connectivity index (χ3v) is 4.37. The summed E-state index contributed by atoms with van der Waals surface area (Å²) in [5.74, 6) is 2.65. The molecule has 0 atom stereocenters. The first-order valence-electron chi connectivity index (χ1n) is 10.8. The Bertz CT molecular complexity index is 959. The fraction of sp³-hybridized carbons (Fsp3) is 0.269. The minimum atomic E-state index is -0.136. The van der Waals surface area contributed by atoms with Gasteiger partial charge in [0.1, 0.15) is 30.5 Å². The minimum absolute atomic E-state index is 0.136. The molecule has 3 rings (SSSR count). The lowest BCUT2D eigenvalue weighted by Crippen LogP contribution is -2.21. The van der Waals surface area contributed by atoms with E-state index in [2.05, 4.69) is 24.5 Å². The molecule has 0 aliphatic heterocycles.